The second-order valence-electron chi connectivity index (χ2n) is 9.04. The summed E-state index contributed by atoms with van der Waals surface area (Å²) in [7, 11) is 0. The Morgan fingerprint density at radius 1 is 1.00 bits per heavy atom. The predicted molar refractivity (Wildman–Crippen MR) is 131 cm³/mol. The van der Waals surface area contributed by atoms with Crippen molar-refractivity contribution in [2.45, 2.75) is 25.3 Å². The third-order valence-corrected chi connectivity index (χ3v) is 6.99. The van der Waals surface area contributed by atoms with Crippen molar-refractivity contribution >= 4 is 23.2 Å². The van der Waals surface area contributed by atoms with Crippen LogP contribution in [0.5, 0.6) is 0 Å². The molecule has 0 atom stereocenters. The zero-order valence-corrected chi connectivity index (χ0v) is 19.5. The fraction of sp³-hybridized carbons (Fsp3) is 0.308. The van der Waals surface area contributed by atoms with Gasteiger partial charge in [-0.05, 0) is 48.6 Å². The Labute approximate surface area is 203 Å². The summed E-state index contributed by atoms with van der Waals surface area (Å²) in [5, 5.41) is 0.717. The minimum atomic E-state index is -0.0345. The molecule has 3 aromatic heterocycles. The van der Waals surface area contributed by atoms with Gasteiger partial charge in [0, 0.05) is 55.7 Å². The van der Waals surface area contributed by atoms with Gasteiger partial charge in [0.2, 0.25) is 0 Å². The number of aromatic nitrogens is 4. The van der Waals surface area contributed by atoms with E-state index < -0.39 is 0 Å². The maximum atomic E-state index is 12.8. The molecule has 1 saturated carbocycles. The summed E-state index contributed by atoms with van der Waals surface area (Å²) < 4.78 is 2.26. The number of carbonyl (C=O) groups is 1. The Morgan fingerprint density at radius 2 is 1.79 bits per heavy atom. The second-order valence-corrected chi connectivity index (χ2v) is 9.48. The summed E-state index contributed by atoms with van der Waals surface area (Å²) in [5.41, 5.74) is 6.02. The van der Waals surface area contributed by atoms with E-state index in [0.29, 0.717) is 24.7 Å². The van der Waals surface area contributed by atoms with Crippen LogP contribution in [-0.4, -0.2) is 61.2 Å². The Kier molecular flexibility index (Phi) is 5.51. The SMILES string of the molecule is O=C(c1ccncn1)N1CCN(Cc2c(-c3ccc(Cl)cc3)nc3ccc(C4CC4)cn23)CC1. The van der Waals surface area contributed by atoms with Crippen LogP contribution in [0.4, 0.5) is 0 Å². The third kappa shape index (κ3) is 4.17. The van der Waals surface area contributed by atoms with Crippen LogP contribution < -0.4 is 0 Å². The molecule has 1 amide bonds. The molecule has 0 spiro atoms. The summed E-state index contributed by atoms with van der Waals surface area (Å²) in [5.74, 6) is 0.641. The summed E-state index contributed by atoms with van der Waals surface area (Å²) in [6.07, 6.45) is 7.82. The van der Waals surface area contributed by atoms with Crippen LogP contribution in [0.3, 0.4) is 0 Å². The van der Waals surface area contributed by atoms with Crippen LogP contribution >= 0.6 is 11.6 Å². The highest BCUT2D eigenvalue weighted by Crippen LogP contribution is 2.40. The third-order valence-electron chi connectivity index (χ3n) is 6.74. The quantitative estimate of drug-likeness (QED) is 0.433. The topological polar surface area (TPSA) is 66.6 Å². The minimum absolute atomic E-state index is 0.0345. The van der Waals surface area contributed by atoms with E-state index in [1.165, 1.54) is 30.4 Å². The first-order valence-electron chi connectivity index (χ1n) is 11.7. The molecule has 1 aliphatic heterocycles. The number of rotatable bonds is 5. The molecule has 6 rings (SSSR count). The van der Waals surface area contributed by atoms with Crippen molar-refractivity contribution in [2.24, 2.45) is 0 Å². The highest BCUT2D eigenvalue weighted by Gasteiger charge is 2.27. The van der Waals surface area contributed by atoms with E-state index in [2.05, 4.69) is 37.6 Å². The molecule has 7 nitrogen and oxygen atoms in total. The van der Waals surface area contributed by atoms with E-state index in [1.807, 2.05) is 29.2 Å². The lowest BCUT2D eigenvalue weighted by Crippen LogP contribution is -2.48. The summed E-state index contributed by atoms with van der Waals surface area (Å²) in [6, 6.07) is 13.9. The number of imidazole rings is 1. The molecule has 8 heteroatoms. The number of fused-ring (bicyclic) bond motifs is 1. The number of halogens is 1. The van der Waals surface area contributed by atoms with Gasteiger partial charge < -0.3 is 9.30 Å². The monoisotopic (exact) mass is 472 g/mol. The van der Waals surface area contributed by atoms with Crippen LogP contribution in [0.2, 0.25) is 5.02 Å². The molecule has 0 radical (unpaired) electrons. The standard InChI is InChI=1S/C26H25ClN6O/c27-21-6-3-19(4-7-21)25-23(33-15-20(18-1-2-18)5-8-24(33)30-25)16-31-11-13-32(14-12-31)26(34)22-9-10-28-17-29-22/h3-10,15,17-18H,1-2,11-14,16H2. The van der Waals surface area contributed by atoms with Gasteiger partial charge in [0.15, 0.2) is 0 Å². The molecular formula is C26H25ClN6O. The van der Waals surface area contributed by atoms with Crippen LogP contribution in [0.25, 0.3) is 16.9 Å². The maximum absolute atomic E-state index is 12.8. The smallest absolute Gasteiger partial charge is 0.272 e. The van der Waals surface area contributed by atoms with Crippen LogP contribution in [0.15, 0.2) is 61.2 Å². The second kappa shape index (κ2) is 8.81. The molecule has 172 valence electrons. The average molecular weight is 473 g/mol. The zero-order valence-electron chi connectivity index (χ0n) is 18.8. The molecule has 2 fully saturated rings. The van der Waals surface area contributed by atoms with Gasteiger partial charge in [-0.15, -0.1) is 0 Å². The lowest BCUT2D eigenvalue weighted by Gasteiger charge is -2.34. The molecule has 34 heavy (non-hydrogen) atoms. The number of carbonyl (C=O) groups excluding carboxylic acids is 1. The van der Waals surface area contributed by atoms with Crippen molar-refractivity contribution in [2.75, 3.05) is 26.2 Å². The van der Waals surface area contributed by atoms with Gasteiger partial charge in [-0.3, -0.25) is 9.69 Å². The molecule has 4 aromatic rings. The fourth-order valence-corrected chi connectivity index (χ4v) is 4.78. The van der Waals surface area contributed by atoms with Gasteiger partial charge in [0.25, 0.3) is 5.91 Å². The van der Waals surface area contributed by atoms with Crippen molar-refractivity contribution in [3.8, 4) is 11.3 Å². The molecule has 1 aliphatic carbocycles. The van der Waals surface area contributed by atoms with E-state index in [4.69, 9.17) is 16.6 Å². The number of benzene rings is 1. The number of amides is 1. The first kappa shape index (κ1) is 21.3. The van der Waals surface area contributed by atoms with E-state index in [0.717, 1.165) is 41.6 Å². The highest BCUT2D eigenvalue weighted by atomic mass is 35.5. The molecule has 1 saturated heterocycles. The first-order chi connectivity index (χ1) is 16.7. The van der Waals surface area contributed by atoms with Crippen molar-refractivity contribution in [1.29, 1.82) is 0 Å². The number of pyridine rings is 1. The maximum Gasteiger partial charge on any atom is 0.272 e. The number of hydrogen-bond donors (Lipinski definition) is 0. The van der Waals surface area contributed by atoms with Crippen molar-refractivity contribution in [3.63, 3.8) is 0 Å². The van der Waals surface area contributed by atoms with Crippen LogP contribution in [-0.2, 0) is 6.54 Å². The first-order valence-corrected chi connectivity index (χ1v) is 12.1. The van der Waals surface area contributed by atoms with Crippen molar-refractivity contribution in [1.82, 2.24) is 29.2 Å². The Morgan fingerprint density at radius 3 is 2.50 bits per heavy atom. The predicted octanol–water partition coefficient (Wildman–Crippen LogP) is 4.28. The fourth-order valence-electron chi connectivity index (χ4n) is 4.66. The van der Waals surface area contributed by atoms with Gasteiger partial charge >= 0.3 is 0 Å². The van der Waals surface area contributed by atoms with Gasteiger partial charge in [-0.1, -0.05) is 29.8 Å². The zero-order chi connectivity index (χ0) is 23.1. The van der Waals surface area contributed by atoms with Gasteiger partial charge in [0.1, 0.15) is 17.7 Å². The van der Waals surface area contributed by atoms with Crippen LogP contribution in [0.1, 0.15) is 40.5 Å². The van der Waals surface area contributed by atoms with E-state index in [-0.39, 0.29) is 5.91 Å². The molecule has 2 aliphatic rings. The Bertz CT molecular complexity index is 1320. The number of nitrogens with zero attached hydrogens (tertiary/aromatic N) is 6. The van der Waals surface area contributed by atoms with Crippen molar-refractivity contribution in [3.05, 3.63) is 83.2 Å². The minimum Gasteiger partial charge on any atom is -0.335 e. The summed E-state index contributed by atoms with van der Waals surface area (Å²) in [6.45, 7) is 3.70. The molecule has 0 unspecified atom stereocenters. The van der Waals surface area contributed by atoms with Crippen LogP contribution in [0, 0.1) is 0 Å². The lowest BCUT2D eigenvalue weighted by molar-refractivity contribution is 0.0621. The number of hydrogen-bond acceptors (Lipinski definition) is 5. The molecule has 1 aromatic carbocycles. The molecular weight excluding hydrogens is 448 g/mol. The normalized spacial score (nSPS) is 16.8. The van der Waals surface area contributed by atoms with Gasteiger partial charge in [-0.2, -0.15) is 0 Å². The van der Waals surface area contributed by atoms with E-state index in [9.17, 15) is 4.79 Å². The van der Waals surface area contributed by atoms with E-state index >= 15 is 0 Å². The lowest BCUT2D eigenvalue weighted by atomic mass is 10.1. The average Bonchev–Trinajstić information content (AvgIpc) is 3.68. The largest absolute Gasteiger partial charge is 0.335 e. The van der Waals surface area contributed by atoms with E-state index in [1.54, 1.807) is 12.3 Å². The number of piperazine rings is 1. The Hall–Kier alpha value is -3.29. The van der Waals surface area contributed by atoms with Gasteiger partial charge in [0.05, 0.1) is 11.4 Å². The summed E-state index contributed by atoms with van der Waals surface area (Å²) in [4.78, 5) is 30.0. The summed E-state index contributed by atoms with van der Waals surface area (Å²) >= 11 is 6.15. The molecule has 0 N–H and O–H groups in total. The highest BCUT2D eigenvalue weighted by molar-refractivity contribution is 6.30. The Balaban J connectivity index is 1.27. The van der Waals surface area contributed by atoms with Crippen molar-refractivity contribution < 1.29 is 4.79 Å². The molecule has 4 heterocycles. The molecule has 0 bridgehead atoms. The van der Waals surface area contributed by atoms with Gasteiger partial charge in [-0.25, -0.2) is 15.0 Å².